The molecule has 0 amide bonds. The molecule has 0 unspecified atom stereocenters. The lowest BCUT2D eigenvalue weighted by atomic mass is 10.0. The summed E-state index contributed by atoms with van der Waals surface area (Å²) in [5.74, 6) is 1.62. The molecule has 110 valence electrons. The number of ketones is 1. The van der Waals surface area contributed by atoms with Crippen molar-refractivity contribution in [2.45, 2.75) is 12.8 Å². The van der Waals surface area contributed by atoms with E-state index in [0.29, 0.717) is 11.3 Å². The second kappa shape index (κ2) is 6.79. The molecule has 0 heterocycles. The highest BCUT2D eigenvalue weighted by Crippen LogP contribution is 2.25. The minimum atomic E-state index is -0.112. The van der Waals surface area contributed by atoms with Crippen LogP contribution in [-0.4, -0.2) is 25.1 Å². The van der Waals surface area contributed by atoms with E-state index in [4.69, 9.17) is 9.47 Å². The highest BCUT2D eigenvalue weighted by molar-refractivity contribution is 6.04. The third kappa shape index (κ3) is 3.75. The Morgan fingerprint density at radius 1 is 1.14 bits per heavy atom. The first-order chi connectivity index (χ1) is 10.1. The van der Waals surface area contributed by atoms with Crippen molar-refractivity contribution >= 4 is 5.78 Å². The van der Waals surface area contributed by atoms with Crippen LogP contribution in [0.15, 0.2) is 59.6 Å². The van der Waals surface area contributed by atoms with Crippen LogP contribution in [0.1, 0.15) is 23.2 Å². The lowest BCUT2D eigenvalue weighted by Crippen LogP contribution is -2.02. The number of benzene rings is 1. The summed E-state index contributed by atoms with van der Waals surface area (Å²) >= 11 is 0. The molecule has 1 aliphatic carbocycles. The quantitative estimate of drug-likeness (QED) is 0.666. The van der Waals surface area contributed by atoms with Crippen molar-refractivity contribution < 1.29 is 19.4 Å². The number of aromatic hydroxyl groups is 1. The molecule has 0 saturated heterocycles. The average Bonchev–Trinajstić information content (AvgIpc) is 2.53. The van der Waals surface area contributed by atoms with Crippen molar-refractivity contribution in [1.82, 2.24) is 0 Å². The molecule has 0 saturated carbocycles. The Kier molecular flexibility index (Phi) is 4.82. The molecule has 0 fully saturated rings. The molecule has 0 aliphatic heterocycles. The fourth-order valence-electron chi connectivity index (χ4n) is 2.11. The summed E-state index contributed by atoms with van der Waals surface area (Å²) in [6.07, 6.45) is 6.69. The molecule has 0 atom stereocenters. The molecular formula is C17H18O4. The van der Waals surface area contributed by atoms with Crippen molar-refractivity contribution in [2.75, 3.05) is 14.2 Å². The van der Waals surface area contributed by atoms with Crippen molar-refractivity contribution in [3.8, 4) is 5.75 Å². The van der Waals surface area contributed by atoms with E-state index < -0.39 is 0 Å². The number of methoxy groups -OCH3 is 2. The maximum Gasteiger partial charge on any atom is 0.185 e. The zero-order valence-corrected chi connectivity index (χ0v) is 12.1. The molecule has 1 N–H and O–H groups in total. The number of rotatable bonds is 5. The molecule has 0 bridgehead atoms. The lowest BCUT2D eigenvalue weighted by molar-refractivity contribution is 0.104. The predicted octanol–water partition coefficient (Wildman–Crippen LogP) is 3.36. The van der Waals surface area contributed by atoms with Crippen LogP contribution in [0.3, 0.4) is 0 Å². The van der Waals surface area contributed by atoms with Gasteiger partial charge in [-0.15, -0.1) is 0 Å². The van der Waals surface area contributed by atoms with Crippen LogP contribution in [0.2, 0.25) is 0 Å². The standard InChI is InChI=1S/C17H18O4/c1-20-15-9-5-13(17(11-15)21-2)6-10-16(19)12-3-7-14(18)8-4-12/h3-4,6-8,10-11,18H,5,9H2,1-2H3/b10-6+. The van der Waals surface area contributed by atoms with Gasteiger partial charge in [0.05, 0.1) is 20.0 Å². The molecular weight excluding hydrogens is 268 g/mol. The highest BCUT2D eigenvalue weighted by atomic mass is 16.5. The summed E-state index contributed by atoms with van der Waals surface area (Å²) < 4.78 is 10.5. The number of phenolic OH excluding ortho intramolecular Hbond substituents is 1. The molecule has 4 nitrogen and oxygen atoms in total. The lowest BCUT2D eigenvalue weighted by Gasteiger charge is -2.16. The minimum absolute atomic E-state index is 0.112. The van der Waals surface area contributed by atoms with Gasteiger partial charge < -0.3 is 14.6 Å². The Balaban J connectivity index is 2.16. The van der Waals surface area contributed by atoms with Crippen LogP contribution in [0.4, 0.5) is 0 Å². The van der Waals surface area contributed by atoms with Gasteiger partial charge in [0.15, 0.2) is 5.78 Å². The van der Waals surface area contributed by atoms with Crippen LogP contribution >= 0.6 is 0 Å². The Bertz CT molecular complexity index is 606. The minimum Gasteiger partial charge on any atom is -0.508 e. The van der Waals surface area contributed by atoms with E-state index in [9.17, 15) is 9.90 Å². The largest absolute Gasteiger partial charge is 0.508 e. The number of allylic oxidation sites excluding steroid dienone is 5. The number of ether oxygens (including phenoxy) is 2. The fourth-order valence-corrected chi connectivity index (χ4v) is 2.11. The summed E-state index contributed by atoms with van der Waals surface area (Å²) in [5, 5.41) is 9.22. The topological polar surface area (TPSA) is 55.8 Å². The smallest absolute Gasteiger partial charge is 0.185 e. The molecule has 1 aliphatic rings. The molecule has 0 spiro atoms. The molecule has 1 aromatic carbocycles. The SMILES string of the molecule is COC1=CC(OC)=C(/C=C/C(=O)c2ccc(O)cc2)CC1. The maximum absolute atomic E-state index is 12.0. The van der Waals surface area contributed by atoms with E-state index in [1.54, 1.807) is 32.4 Å². The van der Waals surface area contributed by atoms with E-state index >= 15 is 0 Å². The Hall–Kier alpha value is -2.49. The highest BCUT2D eigenvalue weighted by Gasteiger charge is 2.13. The van der Waals surface area contributed by atoms with E-state index in [0.717, 1.165) is 24.2 Å². The number of phenols is 1. The summed E-state index contributed by atoms with van der Waals surface area (Å²) in [5.41, 5.74) is 1.50. The molecule has 21 heavy (non-hydrogen) atoms. The van der Waals surface area contributed by atoms with Crippen LogP contribution in [0, 0.1) is 0 Å². The van der Waals surface area contributed by atoms with Gasteiger partial charge in [-0.1, -0.05) is 6.08 Å². The molecule has 0 aromatic heterocycles. The second-order valence-corrected chi connectivity index (χ2v) is 4.65. The Morgan fingerprint density at radius 2 is 1.86 bits per heavy atom. The van der Waals surface area contributed by atoms with E-state index in [1.807, 2.05) is 6.08 Å². The van der Waals surface area contributed by atoms with Crippen molar-refractivity contribution in [3.63, 3.8) is 0 Å². The van der Waals surface area contributed by atoms with Gasteiger partial charge in [0, 0.05) is 18.1 Å². The van der Waals surface area contributed by atoms with Crippen LogP contribution in [0.25, 0.3) is 0 Å². The van der Waals surface area contributed by atoms with E-state index in [2.05, 4.69) is 0 Å². The maximum atomic E-state index is 12.0. The third-order valence-electron chi connectivity index (χ3n) is 3.32. The summed E-state index contributed by atoms with van der Waals surface area (Å²) in [7, 11) is 3.23. The van der Waals surface area contributed by atoms with Gasteiger partial charge in [-0.25, -0.2) is 0 Å². The molecule has 0 radical (unpaired) electrons. The number of carbonyl (C=O) groups excluding carboxylic acids is 1. The molecule has 4 heteroatoms. The van der Waals surface area contributed by atoms with Gasteiger partial charge in [0.1, 0.15) is 11.5 Å². The third-order valence-corrected chi connectivity index (χ3v) is 3.32. The first kappa shape index (κ1) is 14.9. The number of carbonyl (C=O) groups is 1. The Labute approximate surface area is 124 Å². The van der Waals surface area contributed by atoms with Crippen molar-refractivity contribution in [2.24, 2.45) is 0 Å². The van der Waals surface area contributed by atoms with E-state index in [-0.39, 0.29) is 11.5 Å². The first-order valence-electron chi connectivity index (χ1n) is 6.67. The van der Waals surface area contributed by atoms with Gasteiger partial charge in [-0.3, -0.25) is 4.79 Å². The van der Waals surface area contributed by atoms with Gasteiger partial charge in [-0.05, 0) is 42.3 Å². The zero-order valence-electron chi connectivity index (χ0n) is 12.1. The van der Waals surface area contributed by atoms with E-state index in [1.165, 1.54) is 18.2 Å². The second-order valence-electron chi connectivity index (χ2n) is 4.65. The van der Waals surface area contributed by atoms with Crippen molar-refractivity contribution in [3.05, 3.63) is 65.1 Å². The van der Waals surface area contributed by atoms with Crippen molar-refractivity contribution in [1.29, 1.82) is 0 Å². The van der Waals surface area contributed by atoms with Crippen LogP contribution < -0.4 is 0 Å². The van der Waals surface area contributed by atoms with Gasteiger partial charge >= 0.3 is 0 Å². The van der Waals surface area contributed by atoms with Gasteiger partial charge in [0.25, 0.3) is 0 Å². The van der Waals surface area contributed by atoms with Gasteiger partial charge in [0.2, 0.25) is 0 Å². The monoisotopic (exact) mass is 286 g/mol. The molecule has 1 aromatic rings. The first-order valence-corrected chi connectivity index (χ1v) is 6.67. The van der Waals surface area contributed by atoms with Crippen LogP contribution in [-0.2, 0) is 9.47 Å². The molecule has 2 rings (SSSR count). The summed E-state index contributed by atoms with van der Waals surface area (Å²) in [4.78, 5) is 12.0. The van der Waals surface area contributed by atoms with Crippen LogP contribution in [0.5, 0.6) is 5.75 Å². The fraction of sp³-hybridized carbons (Fsp3) is 0.235. The Morgan fingerprint density at radius 3 is 2.48 bits per heavy atom. The zero-order chi connectivity index (χ0) is 15.2. The average molecular weight is 286 g/mol. The predicted molar refractivity (Wildman–Crippen MR) is 79.9 cm³/mol. The summed E-state index contributed by atoms with van der Waals surface area (Å²) in [6, 6.07) is 6.18. The van der Waals surface area contributed by atoms with Gasteiger partial charge in [-0.2, -0.15) is 0 Å². The summed E-state index contributed by atoms with van der Waals surface area (Å²) in [6.45, 7) is 0. The normalized spacial score (nSPS) is 15.0. The number of hydrogen-bond donors (Lipinski definition) is 1. The number of hydrogen-bond acceptors (Lipinski definition) is 4.